The lowest BCUT2D eigenvalue weighted by Gasteiger charge is -2.20. The highest BCUT2D eigenvalue weighted by Gasteiger charge is 2.16. The number of carbonyl (C=O) groups excluding carboxylic acids is 1. The lowest BCUT2D eigenvalue weighted by atomic mass is 10.1. The molecule has 1 aromatic rings. The molecule has 5 nitrogen and oxygen atoms in total. The number of hydrogen-bond donors (Lipinski definition) is 2. The highest BCUT2D eigenvalue weighted by atomic mass is 16.6. The van der Waals surface area contributed by atoms with Gasteiger partial charge in [-0.1, -0.05) is 12.1 Å². The molecule has 0 aliphatic heterocycles. The van der Waals surface area contributed by atoms with Crippen LogP contribution in [0, 0.1) is 11.3 Å². The molecule has 1 atom stereocenters. The van der Waals surface area contributed by atoms with Crippen molar-refractivity contribution in [2.45, 2.75) is 32.4 Å². The van der Waals surface area contributed by atoms with Gasteiger partial charge in [-0.15, -0.1) is 0 Å². The van der Waals surface area contributed by atoms with E-state index in [2.05, 4.69) is 5.32 Å². The number of nitrogens with two attached hydrogens (primary N) is 1. The number of ether oxygens (including phenoxy) is 1. The molecule has 0 saturated heterocycles. The van der Waals surface area contributed by atoms with E-state index < -0.39 is 11.7 Å². The van der Waals surface area contributed by atoms with E-state index in [1.807, 2.05) is 6.07 Å². The van der Waals surface area contributed by atoms with Crippen LogP contribution in [0.2, 0.25) is 0 Å². The topological polar surface area (TPSA) is 88.1 Å². The van der Waals surface area contributed by atoms with Gasteiger partial charge in [0, 0.05) is 12.6 Å². The molecule has 1 aromatic carbocycles. The monoisotopic (exact) mass is 261 g/mol. The van der Waals surface area contributed by atoms with Gasteiger partial charge in [-0.2, -0.15) is 5.26 Å². The van der Waals surface area contributed by atoms with Gasteiger partial charge >= 0.3 is 6.09 Å². The van der Waals surface area contributed by atoms with Crippen molar-refractivity contribution in [3.63, 3.8) is 0 Å². The number of rotatable bonds is 3. The Morgan fingerprint density at radius 1 is 1.42 bits per heavy atom. The third kappa shape index (κ3) is 5.40. The van der Waals surface area contributed by atoms with E-state index >= 15 is 0 Å². The van der Waals surface area contributed by atoms with Crippen molar-refractivity contribution >= 4 is 6.09 Å². The molecule has 1 amide bonds. The molecule has 0 spiro atoms. The molecule has 0 unspecified atom stereocenters. The van der Waals surface area contributed by atoms with E-state index in [0.29, 0.717) is 5.56 Å². The lowest BCUT2D eigenvalue weighted by molar-refractivity contribution is 0.0524. The van der Waals surface area contributed by atoms with E-state index in [1.165, 1.54) is 0 Å². The second-order valence-electron chi connectivity index (χ2n) is 5.22. The van der Waals surface area contributed by atoms with Gasteiger partial charge in [0.25, 0.3) is 0 Å². The largest absolute Gasteiger partial charge is 0.444 e. The average Bonchev–Trinajstić information content (AvgIpc) is 2.34. The fraction of sp³-hybridized carbons (Fsp3) is 0.429. The van der Waals surface area contributed by atoms with Crippen molar-refractivity contribution in [2.24, 2.45) is 5.73 Å². The van der Waals surface area contributed by atoms with Gasteiger partial charge in [-0.25, -0.2) is 4.79 Å². The summed E-state index contributed by atoms with van der Waals surface area (Å²) in [6.07, 6.45) is -0.489. The summed E-state index contributed by atoms with van der Waals surface area (Å²) in [6, 6.07) is 8.66. The van der Waals surface area contributed by atoms with Crippen LogP contribution >= 0.6 is 0 Å². The maximum absolute atomic E-state index is 11.5. The molecule has 0 aromatic heterocycles. The van der Waals surface area contributed by atoms with Crippen molar-refractivity contribution < 1.29 is 9.53 Å². The molecule has 0 heterocycles. The second-order valence-corrected chi connectivity index (χ2v) is 5.22. The minimum atomic E-state index is -0.525. The summed E-state index contributed by atoms with van der Waals surface area (Å²) < 4.78 is 5.11. The van der Waals surface area contributed by atoms with E-state index in [-0.39, 0.29) is 12.6 Å². The maximum atomic E-state index is 11.5. The Balaban J connectivity index is 2.49. The predicted molar refractivity (Wildman–Crippen MR) is 72.3 cm³/mol. The maximum Gasteiger partial charge on any atom is 0.407 e. The zero-order valence-electron chi connectivity index (χ0n) is 11.4. The Morgan fingerprint density at radius 3 is 2.47 bits per heavy atom. The first-order chi connectivity index (χ1) is 8.81. The van der Waals surface area contributed by atoms with Gasteiger partial charge in [0.05, 0.1) is 11.6 Å². The van der Waals surface area contributed by atoms with Gasteiger partial charge in [-0.05, 0) is 38.5 Å². The molecule has 5 heteroatoms. The summed E-state index contributed by atoms with van der Waals surface area (Å²) in [5.41, 5.74) is 6.86. The van der Waals surface area contributed by atoms with Crippen LogP contribution in [0.3, 0.4) is 0 Å². The van der Waals surface area contributed by atoms with Crippen LogP contribution in [0.4, 0.5) is 4.79 Å². The van der Waals surface area contributed by atoms with Gasteiger partial charge < -0.3 is 15.8 Å². The van der Waals surface area contributed by atoms with Gasteiger partial charge in [0.15, 0.2) is 0 Å². The highest BCUT2D eigenvalue weighted by molar-refractivity contribution is 5.67. The van der Waals surface area contributed by atoms with Crippen LogP contribution in [-0.4, -0.2) is 18.2 Å². The third-order valence-corrected chi connectivity index (χ3v) is 2.33. The third-order valence-electron chi connectivity index (χ3n) is 2.33. The smallest absolute Gasteiger partial charge is 0.407 e. The lowest BCUT2D eigenvalue weighted by Crippen LogP contribution is -2.36. The Morgan fingerprint density at radius 2 is 2.00 bits per heavy atom. The first-order valence-corrected chi connectivity index (χ1v) is 6.04. The molecular weight excluding hydrogens is 242 g/mol. The molecule has 0 saturated carbocycles. The first kappa shape index (κ1) is 15.0. The summed E-state index contributed by atoms with van der Waals surface area (Å²) in [5.74, 6) is 0. The predicted octanol–water partition coefficient (Wildman–Crippen LogP) is 2.08. The van der Waals surface area contributed by atoms with Gasteiger partial charge in [-0.3, -0.25) is 0 Å². The van der Waals surface area contributed by atoms with Crippen LogP contribution in [0.15, 0.2) is 24.3 Å². The Kier molecular flexibility index (Phi) is 4.90. The van der Waals surface area contributed by atoms with Crippen LogP contribution in [0.1, 0.15) is 37.9 Å². The number of alkyl carbamates (subject to hydrolysis) is 1. The summed E-state index contributed by atoms with van der Waals surface area (Å²) in [5, 5.41) is 11.3. The van der Waals surface area contributed by atoms with Gasteiger partial charge in [0.2, 0.25) is 0 Å². The quantitative estimate of drug-likeness (QED) is 0.872. The second kappa shape index (κ2) is 6.21. The fourth-order valence-corrected chi connectivity index (χ4v) is 1.43. The Hall–Kier alpha value is -2.06. The van der Waals surface area contributed by atoms with Crippen LogP contribution < -0.4 is 11.1 Å². The van der Waals surface area contributed by atoms with E-state index in [0.717, 1.165) is 5.56 Å². The van der Waals surface area contributed by atoms with E-state index in [4.69, 9.17) is 15.7 Å². The van der Waals surface area contributed by atoms with Crippen LogP contribution in [0.25, 0.3) is 0 Å². The Labute approximate surface area is 113 Å². The molecule has 0 aliphatic carbocycles. The standard InChI is InChI=1S/C14H19N3O2/c1-14(2,3)19-13(18)17-9-12(16)11-6-4-10(8-15)5-7-11/h4-7,12H,9,16H2,1-3H3,(H,17,18)/t12-/m1/s1. The SMILES string of the molecule is CC(C)(C)OC(=O)NC[C@@H](N)c1ccc(C#N)cc1. The molecule has 1 rings (SSSR count). The number of nitrogens with zero attached hydrogens (tertiary/aromatic N) is 1. The van der Waals surface area contributed by atoms with Crippen LogP contribution in [-0.2, 0) is 4.74 Å². The minimum absolute atomic E-state index is 0.279. The number of amides is 1. The summed E-state index contributed by atoms with van der Waals surface area (Å²) in [4.78, 5) is 11.5. The number of hydrogen-bond acceptors (Lipinski definition) is 4. The molecule has 0 aliphatic rings. The number of nitrogens with one attached hydrogen (secondary N) is 1. The molecule has 0 bridgehead atoms. The number of benzene rings is 1. The number of nitriles is 1. The zero-order valence-corrected chi connectivity index (χ0v) is 11.4. The summed E-state index contributed by atoms with van der Waals surface area (Å²) >= 11 is 0. The summed E-state index contributed by atoms with van der Waals surface area (Å²) in [7, 11) is 0. The molecule has 3 N–H and O–H groups in total. The first-order valence-electron chi connectivity index (χ1n) is 6.04. The van der Waals surface area contributed by atoms with E-state index in [9.17, 15) is 4.79 Å². The van der Waals surface area contributed by atoms with Crippen molar-refractivity contribution in [2.75, 3.05) is 6.54 Å². The molecular formula is C14H19N3O2. The average molecular weight is 261 g/mol. The zero-order chi connectivity index (χ0) is 14.5. The fourth-order valence-electron chi connectivity index (χ4n) is 1.43. The normalized spacial score (nSPS) is 12.4. The van der Waals surface area contributed by atoms with Crippen molar-refractivity contribution in [1.29, 1.82) is 5.26 Å². The van der Waals surface area contributed by atoms with Gasteiger partial charge in [0.1, 0.15) is 5.60 Å². The molecule has 0 radical (unpaired) electrons. The van der Waals surface area contributed by atoms with Crippen molar-refractivity contribution in [3.05, 3.63) is 35.4 Å². The minimum Gasteiger partial charge on any atom is -0.444 e. The van der Waals surface area contributed by atoms with Crippen molar-refractivity contribution in [3.8, 4) is 6.07 Å². The van der Waals surface area contributed by atoms with Crippen molar-refractivity contribution in [1.82, 2.24) is 5.32 Å². The molecule has 0 fully saturated rings. The molecule has 102 valence electrons. The number of carbonyl (C=O) groups is 1. The Bertz CT molecular complexity index is 469. The molecule has 19 heavy (non-hydrogen) atoms. The summed E-state index contributed by atoms with van der Waals surface area (Å²) in [6.45, 7) is 5.67. The highest BCUT2D eigenvalue weighted by Crippen LogP contribution is 2.11. The van der Waals surface area contributed by atoms with Crippen LogP contribution in [0.5, 0.6) is 0 Å². The van der Waals surface area contributed by atoms with E-state index in [1.54, 1.807) is 45.0 Å².